The Bertz CT molecular complexity index is 851. The van der Waals surface area contributed by atoms with Crippen LogP contribution in [0.4, 0.5) is 0 Å². The molecular formula is C27H40O3S. The van der Waals surface area contributed by atoms with E-state index in [4.69, 9.17) is 9.47 Å². The number of ether oxygens (including phenoxy) is 2. The molecule has 5 aliphatic rings. The molecule has 3 nitrogen and oxygen atoms in total. The molecule has 1 aromatic heterocycles. The van der Waals surface area contributed by atoms with Crippen LogP contribution in [0, 0.1) is 40.4 Å². The van der Waals surface area contributed by atoms with Crippen molar-refractivity contribution in [1.29, 1.82) is 0 Å². The molecule has 1 N–H and O–H groups in total. The van der Waals surface area contributed by atoms with Gasteiger partial charge in [-0.2, -0.15) is 0 Å². The third kappa shape index (κ3) is 2.68. The SMILES string of the molecule is C[C@H]1CC[C@]2(C)C3CC[C@@]4(C)[C@@H](CC[C@@]4(O)c4cccs4)C3[C@H]3OC(C)(C)O[C@@H]3[C@H]2C1. The van der Waals surface area contributed by atoms with Crippen LogP contribution in [-0.2, 0) is 15.1 Å². The molecule has 5 fully saturated rings. The van der Waals surface area contributed by atoms with E-state index < -0.39 is 11.4 Å². The summed E-state index contributed by atoms with van der Waals surface area (Å²) in [6.45, 7) is 11.6. The molecular weight excluding hydrogens is 404 g/mol. The molecule has 4 saturated carbocycles. The Balaban J connectivity index is 1.44. The van der Waals surface area contributed by atoms with E-state index in [1.165, 1.54) is 30.6 Å². The third-order valence-electron chi connectivity index (χ3n) is 10.9. The summed E-state index contributed by atoms with van der Waals surface area (Å²) in [5.74, 6) is 2.57. The van der Waals surface area contributed by atoms with Gasteiger partial charge in [0.05, 0.1) is 12.2 Å². The van der Waals surface area contributed by atoms with Gasteiger partial charge in [0.2, 0.25) is 0 Å². The van der Waals surface area contributed by atoms with Gasteiger partial charge in [-0.25, -0.2) is 0 Å². The summed E-state index contributed by atoms with van der Waals surface area (Å²) in [5.41, 5.74) is -0.433. The first-order chi connectivity index (χ1) is 14.6. The maximum Gasteiger partial charge on any atom is 0.163 e. The predicted molar refractivity (Wildman–Crippen MR) is 124 cm³/mol. The smallest absolute Gasteiger partial charge is 0.163 e. The molecule has 4 heteroatoms. The van der Waals surface area contributed by atoms with E-state index in [2.05, 4.69) is 52.1 Å². The van der Waals surface area contributed by atoms with Crippen LogP contribution in [0.2, 0.25) is 0 Å². The van der Waals surface area contributed by atoms with Gasteiger partial charge in [0.25, 0.3) is 0 Å². The van der Waals surface area contributed by atoms with Crippen molar-refractivity contribution in [2.24, 2.45) is 40.4 Å². The van der Waals surface area contributed by atoms with Crippen molar-refractivity contribution < 1.29 is 14.6 Å². The molecule has 0 bridgehead atoms. The number of aliphatic hydroxyl groups is 1. The van der Waals surface area contributed by atoms with Crippen molar-refractivity contribution in [1.82, 2.24) is 0 Å². The normalized spacial score (nSPS) is 55.2. The number of fused-ring (bicyclic) bond motifs is 8. The second kappa shape index (κ2) is 6.58. The second-order valence-corrected chi connectivity index (χ2v) is 13.6. The van der Waals surface area contributed by atoms with Gasteiger partial charge in [-0.05, 0) is 98.8 Å². The first-order valence-electron chi connectivity index (χ1n) is 12.7. The van der Waals surface area contributed by atoms with E-state index in [1.54, 1.807) is 11.3 Å². The summed E-state index contributed by atoms with van der Waals surface area (Å²) in [6.07, 6.45) is 8.69. The van der Waals surface area contributed by atoms with Crippen LogP contribution >= 0.6 is 11.3 Å². The Morgan fingerprint density at radius 2 is 1.68 bits per heavy atom. The van der Waals surface area contributed by atoms with Crippen LogP contribution in [-0.4, -0.2) is 23.1 Å². The number of rotatable bonds is 1. The fourth-order valence-electron chi connectivity index (χ4n) is 9.32. The quantitative estimate of drug-likeness (QED) is 0.548. The van der Waals surface area contributed by atoms with E-state index in [0.717, 1.165) is 25.2 Å². The van der Waals surface area contributed by atoms with Crippen LogP contribution in [0.5, 0.6) is 0 Å². The van der Waals surface area contributed by atoms with E-state index in [-0.39, 0.29) is 17.6 Å². The summed E-state index contributed by atoms with van der Waals surface area (Å²) >= 11 is 1.73. The minimum Gasteiger partial charge on any atom is -0.384 e. The maximum absolute atomic E-state index is 12.1. The van der Waals surface area contributed by atoms with Crippen LogP contribution < -0.4 is 0 Å². The molecule has 2 unspecified atom stereocenters. The Morgan fingerprint density at radius 3 is 2.42 bits per heavy atom. The van der Waals surface area contributed by atoms with Gasteiger partial charge in [-0.1, -0.05) is 33.3 Å². The summed E-state index contributed by atoms with van der Waals surface area (Å²) in [7, 11) is 0. The number of hydrogen-bond acceptors (Lipinski definition) is 4. The highest BCUT2D eigenvalue weighted by atomic mass is 32.1. The number of hydrogen-bond donors (Lipinski definition) is 1. The molecule has 31 heavy (non-hydrogen) atoms. The Hall–Kier alpha value is -0.420. The van der Waals surface area contributed by atoms with E-state index >= 15 is 0 Å². The Kier molecular flexibility index (Phi) is 4.49. The minimum atomic E-state index is -0.694. The highest BCUT2D eigenvalue weighted by Gasteiger charge is 2.70. The van der Waals surface area contributed by atoms with Crippen molar-refractivity contribution in [2.45, 2.75) is 103 Å². The molecule has 1 aliphatic heterocycles. The van der Waals surface area contributed by atoms with Crippen LogP contribution in [0.25, 0.3) is 0 Å². The van der Waals surface area contributed by atoms with Gasteiger partial charge < -0.3 is 14.6 Å². The van der Waals surface area contributed by atoms with Gasteiger partial charge in [0.1, 0.15) is 5.60 Å². The molecule has 0 spiro atoms. The van der Waals surface area contributed by atoms with Crippen molar-refractivity contribution >= 4 is 11.3 Å². The van der Waals surface area contributed by atoms with Crippen molar-refractivity contribution in [3.63, 3.8) is 0 Å². The van der Waals surface area contributed by atoms with Crippen LogP contribution in [0.3, 0.4) is 0 Å². The topological polar surface area (TPSA) is 38.7 Å². The average Bonchev–Trinajstić information content (AvgIpc) is 3.41. The molecule has 4 aliphatic carbocycles. The lowest BCUT2D eigenvalue weighted by molar-refractivity contribution is -0.201. The molecule has 2 heterocycles. The fourth-order valence-corrected chi connectivity index (χ4v) is 10.3. The van der Waals surface area contributed by atoms with E-state index in [1.807, 2.05) is 0 Å². The Morgan fingerprint density at radius 1 is 0.935 bits per heavy atom. The van der Waals surface area contributed by atoms with Crippen molar-refractivity contribution in [2.75, 3.05) is 0 Å². The molecule has 172 valence electrons. The second-order valence-electron chi connectivity index (χ2n) is 12.7. The zero-order chi connectivity index (χ0) is 21.8. The third-order valence-corrected chi connectivity index (χ3v) is 11.9. The maximum atomic E-state index is 12.1. The average molecular weight is 445 g/mol. The minimum absolute atomic E-state index is 0.0786. The molecule has 10 atom stereocenters. The van der Waals surface area contributed by atoms with Crippen molar-refractivity contribution in [3.05, 3.63) is 22.4 Å². The highest BCUT2D eigenvalue weighted by Crippen LogP contribution is 2.72. The lowest BCUT2D eigenvalue weighted by Crippen LogP contribution is -2.63. The molecule has 1 aromatic rings. The summed E-state index contributed by atoms with van der Waals surface area (Å²) in [5, 5.41) is 14.2. The zero-order valence-electron chi connectivity index (χ0n) is 19.9. The highest BCUT2D eigenvalue weighted by molar-refractivity contribution is 7.10. The van der Waals surface area contributed by atoms with E-state index in [0.29, 0.717) is 29.1 Å². The molecule has 0 aromatic carbocycles. The summed E-state index contributed by atoms with van der Waals surface area (Å²) < 4.78 is 13.5. The van der Waals surface area contributed by atoms with Crippen LogP contribution in [0.15, 0.2) is 17.5 Å². The fraction of sp³-hybridized carbons (Fsp3) is 0.852. The first kappa shape index (κ1) is 21.1. The molecule has 0 amide bonds. The lowest BCUT2D eigenvalue weighted by Gasteiger charge is -2.64. The largest absolute Gasteiger partial charge is 0.384 e. The zero-order valence-corrected chi connectivity index (χ0v) is 20.7. The molecule has 1 saturated heterocycles. The summed E-state index contributed by atoms with van der Waals surface area (Å²) in [6, 6.07) is 4.26. The lowest BCUT2D eigenvalue weighted by atomic mass is 9.42. The number of thiophene rings is 1. The van der Waals surface area contributed by atoms with Crippen molar-refractivity contribution in [3.8, 4) is 0 Å². The monoisotopic (exact) mass is 444 g/mol. The molecule has 0 radical (unpaired) electrons. The molecule has 6 rings (SSSR count). The van der Waals surface area contributed by atoms with E-state index in [9.17, 15) is 5.11 Å². The predicted octanol–water partition coefficient (Wildman–Crippen LogP) is 6.35. The standard InChI is InChI=1S/C27H40O3S/c1-16-8-11-25(4)17-9-12-26(5)18(10-13-27(26,28)20-7-6-14-31-20)21(17)23-22(19(25)15-16)29-24(2,3)30-23/h6-7,14,16-19,21-23,28H,8-13,15H2,1-5H3/t16-,17?,18-,19+,21?,22+,23+,25+,26-,27+/m0/s1. The van der Waals surface area contributed by atoms with Gasteiger partial charge in [-0.3, -0.25) is 0 Å². The van der Waals surface area contributed by atoms with Gasteiger partial charge in [0, 0.05) is 10.3 Å². The van der Waals surface area contributed by atoms with Gasteiger partial charge in [0.15, 0.2) is 5.79 Å². The van der Waals surface area contributed by atoms with Gasteiger partial charge in [-0.15, -0.1) is 11.3 Å². The summed E-state index contributed by atoms with van der Waals surface area (Å²) in [4.78, 5) is 1.17. The Labute approximate surface area is 191 Å². The first-order valence-corrected chi connectivity index (χ1v) is 13.6. The van der Waals surface area contributed by atoms with Crippen LogP contribution in [0.1, 0.15) is 84.4 Å². The van der Waals surface area contributed by atoms with Gasteiger partial charge >= 0.3 is 0 Å².